The van der Waals surface area contributed by atoms with Crippen LogP contribution < -0.4 is 10.5 Å². The summed E-state index contributed by atoms with van der Waals surface area (Å²) < 4.78 is 31.9. The van der Waals surface area contributed by atoms with E-state index in [1.807, 2.05) is 0 Å². The van der Waals surface area contributed by atoms with Gasteiger partial charge in [-0.1, -0.05) is 25.4 Å². The second kappa shape index (κ2) is 7.83. The van der Waals surface area contributed by atoms with Crippen LogP contribution >= 0.6 is 11.6 Å². The number of sulfonamides is 1. The molecule has 5 nitrogen and oxygen atoms in total. The fourth-order valence-electron chi connectivity index (χ4n) is 1.47. The van der Waals surface area contributed by atoms with Crippen LogP contribution in [0.4, 0.5) is 5.69 Å². The molecule has 0 aliphatic rings. The van der Waals surface area contributed by atoms with Crippen LogP contribution in [-0.2, 0) is 14.8 Å². The fourth-order valence-corrected chi connectivity index (χ4v) is 2.70. The van der Waals surface area contributed by atoms with Gasteiger partial charge in [0.05, 0.1) is 15.6 Å². The van der Waals surface area contributed by atoms with Crippen molar-refractivity contribution in [2.75, 3.05) is 25.5 Å². The minimum absolute atomic E-state index is 0.113. The van der Waals surface area contributed by atoms with E-state index in [0.29, 0.717) is 37.1 Å². The number of rotatable bonds is 8. The lowest BCUT2D eigenvalue weighted by Gasteiger charge is -2.09. The summed E-state index contributed by atoms with van der Waals surface area (Å²) >= 11 is 5.76. The van der Waals surface area contributed by atoms with E-state index in [1.165, 1.54) is 18.2 Å². The molecule has 1 rings (SSSR count). The highest BCUT2D eigenvalue weighted by atomic mass is 35.5. The Hall–Kier alpha value is -0.820. The van der Waals surface area contributed by atoms with E-state index < -0.39 is 10.0 Å². The first-order valence-corrected chi connectivity index (χ1v) is 8.31. The Bertz CT molecular complexity index is 532. The SMILES string of the molecule is CC(C)COCCCNS(=O)(=O)c1ccc(Cl)c(N)c1. The molecular weight excluding hydrogens is 300 g/mol. The molecule has 0 atom stereocenters. The van der Waals surface area contributed by atoms with Crippen LogP contribution in [0, 0.1) is 5.92 Å². The first kappa shape index (κ1) is 17.2. The number of nitrogens with one attached hydrogen (secondary N) is 1. The summed E-state index contributed by atoms with van der Waals surface area (Å²) in [5.41, 5.74) is 5.84. The third-order valence-corrected chi connectivity index (χ3v) is 4.29. The van der Waals surface area contributed by atoms with E-state index in [4.69, 9.17) is 22.1 Å². The summed E-state index contributed by atoms with van der Waals surface area (Å²) in [5, 5.41) is 0.339. The van der Waals surface area contributed by atoms with E-state index in [2.05, 4.69) is 18.6 Å². The molecular formula is C13H21ClN2O3S. The fraction of sp³-hybridized carbons (Fsp3) is 0.538. The Labute approximate surface area is 125 Å². The van der Waals surface area contributed by atoms with Crippen molar-refractivity contribution >= 4 is 27.3 Å². The average molecular weight is 321 g/mol. The largest absolute Gasteiger partial charge is 0.397 e. The predicted octanol–water partition coefficient (Wildman–Crippen LogP) is 2.26. The first-order valence-electron chi connectivity index (χ1n) is 6.45. The van der Waals surface area contributed by atoms with Gasteiger partial charge in [0.1, 0.15) is 0 Å². The minimum Gasteiger partial charge on any atom is -0.397 e. The van der Waals surface area contributed by atoms with Gasteiger partial charge in [-0.15, -0.1) is 0 Å². The van der Waals surface area contributed by atoms with Gasteiger partial charge in [0.15, 0.2) is 0 Å². The van der Waals surface area contributed by atoms with Crippen LogP contribution in [0.2, 0.25) is 5.02 Å². The highest BCUT2D eigenvalue weighted by molar-refractivity contribution is 7.89. The second-order valence-electron chi connectivity index (χ2n) is 4.90. The minimum atomic E-state index is -3.55. The molecule has 1 aromatic carbocycles. The maximum Gasteiger partial charge on any atom is 0.240 e. The molecule has 0 radical (unpaired) electrons. The molecule has 0 heterocycles. The standard InChI is InChI=1S/C13H21ClN2O3S/c1-10(2)9-19-7-3-6-16-20(17,18)11-4-5-12(14)13(15)8-11/h4-5,8,10,16H,3,6-7,9,15H2,1-2H3. The van der Waals surface area contributed by atoms with Gasteiger partial charge in [0, 0.05) is 19.8 Å². The number of hydrogen-bond donors (Lipinski definition) is 2. The van der Waals surface area contributed by atoms with Gasteiger partial charge in [0.25, 0.3) is 0 Å². The highest BCUT2D eigenvalue weighted by Crippen LogP contribution is 2.21. The highest BCUT2D eigenvalue weighted by Gasteiger charge is 2.14. The van der Waals surface area contributed by atoms with Gasteiger partial charge in [-0.05, 0) is 30.5 Å². The van der Waals surface area contributed by atoms with Crippen LogP contribution in [0.25, 0.3) is 0 Å². The maximum atomic E-state index is 12.0. The lowest BCUT2D eigenvalue weighted by molar-refractivity contribution is 0.108. The Morgan fingerprint density at radius 2 is 2.10 bits per heavy atom. The number of nitrogen functional groups attached to an aromatic ring is 1. The van der Waals surface area contributed by atoms with E-state index in [9.17, 15) is 8.42 Å². The van der Waals surface area contributed by atoms with Crippen molar-refractivity contribution in [1.29, 1.82) is 0 Å². The molecule has 7 heteroatoms. The monoisotopic (exact) mass is 320 g/mol. The molecule has 0 fully saturated rings. The molecule has 0 aliphatic carbocycles. The molecule has 0 aromatic heterocycles. The molecule has 20 heavy (non-hydrogen) atoms. The normalized spacial score (nSPS) is 12.0. The van der Waals surface area contributed by atoms with Crippen molar-refractivity contribution in [2.24, 2.45) is 5.92 Å². The lowest BCUT2D eigenvalue weighted by atomic mass is 10.2. The zero-order valence-electron chi connectivity index (χ0n) is 11.7. The van der Waals surface area contributed by atoms with Crippen LogP contribution in [0.5, 0.6) is 0 Å². The molecule has 0 bridgehead atoms. The number of ether oxygens (including phenoxy) is 1. The van der Waals surface area contributed by atoms with Crippen molar-refractivity contribution < 1.29 is 13.2 Å². The van der Waals surface area contributed by atoms with Gasteiger partial charge < -0.3 is 10.5 Å². The quantitative estimate of drug-likeness (QED) is 0.568. The van der Waals surface area contributed by atoms with Gasteiger partial charge in [-0.2, -0.15) is 0 Å². The maximum absolute atomic E-state index is 12.0. The molecule has 114 valence electrons. The second-order valence-corrected chi connectivity index (χ2v) is 7.08. The first-order chi connectivity index (χ1) is 9.33. The van der Waals surface area contributed by atoms with Crippen LogP contribution in [-0.4, -0.2) is 28.2 Å². The summed E-state index contributed by atoms with van der Waals surface area (Å²) in [6.45, 7) is 5.66. The van der Waals surface area contributed by atoms with Crippen molar-refractivity contribution in [1.82, 2.24) is 4.72 Å². The number of benzene rings is 1. The van der Waals surface area contributed by atoms with Gasteiger partial charge in [-0.25, -0.2) is 13.1 Å². The van der Waals surface area contributed by atoms with Gasteiger partial charge in [-0.3, -0.25) is 0 Å². The summed E-state index contributed by atoms with van der Waals surface area (Å²) in [6.07, 6.45) is 0.620. The van der Waals surface area contributed by atoms with E-state index in [-0.39, 0.29) is 10.6 Å². The number of hydrogen-bond acceptors (Lipinski definition) is 4. The lowest BCUT2D eigenvalue weighted by Crippen LogP contribution is -2.25. The van der Waals surface area contributed by atoms with Gasteiger partial charge in [0.2, 0.25) is 10.0 Å². The molecule has 0 aliphatic heterocycles. The van der Waals surface area contributed by atoms with Crippen molar-refractivity contribution in [3.63, 3.8) is 0 Å². The molecule has 3 N–H and O–H groups in total. The third-order valence-electron chi connectivity index (χ3n) is 2.49. The van der Waals surface area contributed by atoms with Crippen molar-refractivity contribution in [3.8, 4) is 0 Å². The summed E-state index contributed by atoms with van der Waals surface area (Å²) in [5.74, 6) is 0.476. The molecule has 1 aromatic rings. The Morgan fingerprint density at radius 1 is 1.40 bits per heavy atom. The predicted molar refractivity (Wildman–Crippen MR) is 81.3 cm³/mol. The summed E-state index contributed by atoms with van der Waals surface area (Å²) in [7, 11) is -3.55. The average Bonchev–Trinajstić information content (AvgIpc) is 2.36. The Morgan fingerprint density at radius 3 is 2.70 bits per heavy atom. The van der Waals surface area contributed by atoms with Crippen LogP contribution in [0.3, 0.4) is 0 Å². The van der Waals surface area contributed by atoms with Crippen molar-refractivity contribution in [3.05, 3.63) is 23.2 Å². The Balaban J connectivity index is 2.43. The Kier molecular flexibility index (Phi) is 6.75. The molecule has 0 unspecified atom stereocenters. The number of halogens is 1. The summed E-state index contributed by atoms with van der Waals surface area (Å²) in [4.78, 5) is 0.113. The number of anilines is 1. The van der Waals surface area contributed by atoms with Crippen LogP contribution in [0.1, 0.15) is 20.3 Å². The van der Waals surface area contributed by atoms with Crippen molar-refractivity contribution in [2.45, 2.75) is 25.2 Å². The molecule has 0 saturated heterocycles. The molecule has 0 spiro atoms. The zero-order valence-corrected chi connectivity index (χ0v) is 13.3. The van der Waals surface area contributed by atoms with Crippen LogP contribution in [0.15, 0.2) is 23.1 Å². The smallest absolute Gasteiger partial charge is 0.240 e. The summed E-state index contributed by atoms with van der Waals surface area (Å²) in [6, 6.07) is 4.24. The zero-order chi connectivity index (χ0) is 15.2. The number of nitrogens with two attached hydrogens (primary N) is 1. The topological polar surface area (TPSA) is 81.4 Å². The molecule has 0 saturated carbocycles. The van der Waals surface area contributed by atoms with E-state index in [0.717, 1.165) is 0 Å². The van der Waals surface area contributed by atoms with E-state index >= 15 is 0 Å². The van der Waals surface area contributed by atoms with E-state index in [1.54, 1.807) is 0 Å². The third kappa shape index (κ3) is 5.66. The molecule has 0 amide bonds. The van der Waals surface area contributed by atoms with Gasteiger partial charge >= 0.3 is 0 Å².